The van der Waals surface area contributed by atoms with Crippen LogP contribution in [0.3, 0.4) is 0 Å². The summed E-state index contributed by atoms with van der Waals surface area (Å²) in [6, 6.07) is 3.03. The van der Waals surface area contributed by atoms with Gasteiger partial charge in [0.05, 0.1) is 0 Å². The van der Waals surface area contributed by atoms with E-state index in [1.165, 1.54) is 17.2 Å². The van der Waals surface area contributed by atoms with E-state index >= 15 is 0 Å². The molecule has 7 nitrogen and oxygen atoms in total. The summed E-state index contributed by atoms with van der Waals surface area (Å²) < 4.78 is 33.0. The van der Waals surface area contributed by atoms with Crippen molar-refractivity contribution in [2.24, 2.45) is 0 Å². The lowest BCUT2D eigenvalue weighted by molar-refractivity contribution is 0.256. The van der Waals surface area contributed by atoms with E-state index < -0.39 is 16.1 Å². The molecule has 8 heteroatoms. The van der Waals surface area contributed by atoms with E-state index in [0.717, 1.165) is 61.0 Å². The van der Waals surface area contributed by atoms with Gasteiger partial charge in [-0.1, -0.05) is 6.07 Å². The Kier molecular flexibility index (Phi) is 4.03. The number of likely N-dealkylation sites (N-methyl/N-ethyl adjacent to an activating group) is 1. The molecule has 2 aliphatic carbocycles. The van der Waals surface area contributed by atoms with Gasteiger partial charge in [0.2, 0.25) is 5.09 Å². The number of benzene rings is 1. The Hall–Kier alpha value is -2.32. The van der Waals surface area contributed by atoms with E-state index in [1.54, 1.807) is 0 Å². The highest BCUT2D eigenvalue weighted by Crippen LogP contribution is 2.39. The number of carbonyl (C=O) groups excluding carboxylic acids is 1. The van der Waals surface area contributed by atoms with Gasteiger partial charge in [0, 0.05) is 36.8 Å². The van der Waals surface area contributed by atoms with Crippen molar-refractivity contribution in [3.63, 3.8) is 0 Å². The minimum Gasteiger partial charge on any atom is -0.447 e. The average Bonchev–Trinajstić information content (AvgIpc) is 3.23. The van der Waals surface area contributed by atoms with Crippen LogP contribution in [-0.2, 0) is 48.7 Å². The SMILES string of the molecule is CN1CCc2oc(S(=O)(=O)NC(=O)Nc3c4c(cc5c3CC5)CCC4)cc2C1. The molecule has 0 bridgehead atoms. The summed E-state index contributed by atoms with van der Waals surface area (Å²) in [5, 5.41) is 2.62. The third-order valence-corrected chi connectivity index (χ3v) is 7.19. The maximum absolute atomic E-state index is 12.7. The third kappa shape index (κ3) is 2.91. The van der Waals surface area contributed by atoms with Gasteiger partial charge in [-0.2, -0.15) is 8.42 Å². The molecule has 2 amide bonds. The second kappa shape index (κ2) is 6.35. The zero-order chi connectivity index (χ0) is 19.5. The number of sulfonamides is 1. The number of anilines is 1. The Labute approximate surface area is 164 Å². The molecule has 5 rings (SSSR count). The lowest BCUT2D eigenvalue weighted by Gasteiger charge is -2.26. The minimum atomic E-state index is -4.06. The summed E-state index contributed by atoms with van der Waals surface area (Å²) in [6.45, 7) is 1.46. The number of nitrogens with zero attached hydrogens (tertiary/aromatic N) is 1. The summed E-state index contributed by atoms with van der Waals surface area (Å²) in [5.41, 5.74) is 6.51. The Morgan fingerprint density at radius 1 is 1.04 bits per heavy atom. The van der Waals surface area contributed by atoms with Gasteiger partial charge >= 0.3 is 6.03 Å². The average molecular weight is 401 g/mol. The molecule has 0 saturated carbocycles. The molecule has 3 aliphatic rings. The van der Waals surface area contributed by atoms with Gasteiger partial charge in [-0.25, -0.2) is 9.52 Å². The third-order valence-electron chi connectivity index (χ3n) is 6.01. The van der Waals surface area contributed by atoms with Crippen LogP contribution < -0.4 is 10.0 Å². The van der Waals surface area contributed by atoms with E-state index in [9.17, 15) is 13.2 Å². The molecule has 0 fully saturated rings. The minimum absolute atomic E-state index is 0.200. The van der Waals surface area contributed by atoms with Crippen LogP contribution in [0.2, 0.25) is 0 Å². The second-order valence-electron chi connectivity index (χ2n) is 7.94. The van der Waals surface area contributed by atoms with Gasteiger partial charge in [0.1, 0.15) is 5.76 Å². The number of aryl methyl sites for hydroxylation is 2. The number of nitrogens with one attached hydrogen (secondary N) is 2. The van der Waals surface area contributed by atoms with Gasteiger partial charge in [0.15, 0.2) is 0 Å². The Bertz CT molecular complexity index is 1090. The first-order valence-corrected chi connectivity index (χ1v) is 11.2. The summed E-state index contributed by atoms with van der Waals surface area (Å²) in [6.07, 6.45) is 5.61. The Morgan fingerprint density at radius 2 is 1.82 bits per heavy atom. The van der Waals surface area contributed by atoms with Crippen molar-refractivity contribution in [1.82, 2.24) is 9.62 Å². The van der Waals surface area contributed by atoms with Crippen LogP contribution >= 0.6 is 0 Å². The number of furan rings is 1. The summed E-state index contributed by atoms with van der Waals surface area (Å²) in [7, 11) is -2.08. The molecule has 0 spiro atoms. The standard InChI is InChI=1S/C20H23N3O4S/c1-23-8-7-17-14(11-23)10-18(27-17)28(25,26)22-20(24)21-19-15-4-2-3-12(15)9-13-5-6-16(13)19/h9-10H,2-8,11H2,1H3,(H2,21,22,24). The van der Waals surface area contributed by atoms with Crippen molar-refractivity contribution >= 4 is 21.7 Å². The van der Waals surface area contributed by atoms with Gasteiger partial charge < -0.3 is 14.6 Å². The first kappa shape index (κ1) is 17.8. The highest BCUT2D eigenvalue weighted by molar-refractivity contribution is 7.89. The lowest BCUT2D eigenvalue weighted by Crippen LogP contribution is -2.35. The van der Waals surface area contributed by atoms with Crippen molar-refractivity contribution in [2.75, 3.05) is 18.9 Å². The Morgan fingerprint density at radius 3 is 2.61 bits per heavy atom. The molecule has 1 aliphatic heterocycles. The number of carbonyl (C=O) groups is 1. The fraction of sp³-hybridized carbons (Fsp3) is 0.450. The maximum Gasteiger partial charge on any atom is 0.333 e. The topological polar surface area (TPSA) is 91.7 Å². The molecular formula is C20H23N3O4S. The fourth-order valence-electron chi connectivity index (χ4n) is 4.49. The van der Waals surface area contributed by atoms with Gasteiger partial charge in [-0.3, -0.25) is 0 Å². The highest BCUT2D eigenvalue weighted by atomic mass is 32.2. The van der Waals surface area contributed by atoms with Crippen LogP contribution in [0.5, 0.6) is 0 Å². The number of urea groups is 1. The molecule has 2 aromatic rings. The van der Waals surface area contributed by atoms with Crippen molar-refractivity contribution in [3.8, 4) is 0 Å². The summed E-state index contributed by atoms with van der Waals surface area (Å²) in [5.74, 6) is 0.682. The predicted octanol–water partition coefficient (Wildman–Crippen LogP) is 2.37. The smallest absolute Gasteiger partial charge is 0.333 e. The number of hydrogen-bond acceptors (Lipinski definition) is 5. The first-order chi connectivity index (χ1) is 13.4. The predicted molar refractivity (Wildman–Crippen MR) is 104 cm³/mol. The van der Waals surface area contributed by atoms with Crippen molar-refractivity contribution in [3.05, 3.63) is 45.7 Å². The summed E-state index contributed by atoms with van der Waals surface area (Å²) >= 11 is 0. The van der Waals surface area contributed by atoms with Gasteiger partial charge in [-0.15, -0.1) is 0 Å². The number of fused-ring (bicyclic) bond motifs is 3. The van der Waals surface area contributed by atoms with Crippen molar-refractivity contribution in [1.29, 1.82) is 0 Å². The number of amides is 2. The van der Waals surface area contributed by atoms with Crippen LogP contribution in [-0.4, -0.2) is 32.9 Å². The van der Waals surface area contributed by atoms with E-state index in [0.29, 0.717) is 18.7 Å². The normalized spacial score (nSPS) is 18.0. The number of hydrogen-bond donors (Lipinski definition) is 2. The first-order valence-electron chi connectivity index (χ1n) is 9.71. The quantitative estimate of drug-likeness (QED) is 0.824. The van der Waals surface area contributed by atoms with E-state index in [1.807, 2.05) is 7.05 Å². The number of rotatable bonds is 3. The van der Waals surface area contributed by atoms with Gasteiger partial charge in [-0.05, 0) is 61.4 Å². The molecule has 0 radical (unpaired) electrons. The zero-order valence-electron chi connectivity index (χ0n) is 15.8. The molecule has 0 atom stereocenters. The molecular weight excluding hydrogens is 378 g/mol. The summed E-state index contributed by atoms with van der Waals surface area (Å²) in [4.78, 5) is 14.6. The second-order valence-corrected chi connectivity index (χ2v) is 9.56. The lowest BCUT2D eigenvalue weighted by atomic mass is 9.83. The maximum atomic E-state index is 12.7. The van der Waals surface area contributed by atoms with Crippen molar-refractivity contribution < 1.29 is 17.6 Å². The van der Waals surface area contributed by atoms with Crippen LogP contribution in [0, 0.1) is 0 Å². The van der Waals surface area contributed by atoms with Gasteiger partial charge in [0.25, 0.3) is 10.0 Å². The van der Waals surface area contributed by atoms with E-state index in [-0.39, 0.29) is 5.09 Å². The van der Waals surface area contributed by atoms with Crippen LogP contribution in [0.25, 0.3) is 0 Å². The molecule has 2 heterocycles. The van der Waals surface area contributed by atoms with E-state index in [2.05, 4.69) is 21.0 Å². The van der Waals surface area contributed by atoms with Crippen LogP contribution in [0.4, 0.5) is 10.5 Å². The fourth-order valence-corrected chi connectivity index (χ4v) is 5.39. The van der Waals surface area contributed by atoms with Crippen LogP contribution in [0.1, 0.15) is 40.0 Å². The zero-order valence-corrected chi connectivity index (χ0v) is 16.6. The largest absolute Gasteiger partial charge is 0.447 e. The molecule has 148 valence electrons. The molecule has 1 aromatic heterocycles. The highest BCUT2D eigenvalue weighted by Gasteiger charge is 2.29. The molecule has 0 unspecified atom stereocenters. The molecule has 1 aromatic carbocycles. The van der Waals surface area contributed by atoms with E-state index in [4.69, 9.17) is 4.42 Å². The molecule has 2 N–H and O–H groups in total. The Balaban J connectivity index is 1.37. The van der Waals surface area contributed by atoms with Crippen LogP contribution in [0.15, 0.2) is 21.6 Å². The molecule has 28 heavy (non-hydrogen) atoms. The monoisotopic (exact) mass is 401 g/mol. The molecule has 0 saturated heterocycles. The van der Waals surface area contributed by atoms with Crippen molar-refractivity contribution in [2.45, 2.75) is 50.2 Å².